The van der Waals surface area contributed by atoms with Gasteiger partial charge in [-0.25, -0.2) is 35.1 Å². The van der Waals surface area contributed by atoms with Crippen LogP contribution in [0.25, 0.3) is 77.9 Å². The van der Waals surface area contributed by atoms with E-state index in [0.29, 0.717) is 89.7 Å². The van der Waals surface area contributed by atoms with E-state index in [1.54, 1.807) is 133 Å². The monoisotopic (exact) mass is 1860 g/mol. The summed E-state index contributed by atoms with van der Waals surface area (Å²) >= 11 is 0. The van der Waals surface area contributed by atoms with E-state index < -0.39 is 81.4 Å². The second-order valence-corrected chi connectivity index (χ2v) is 31.6. The number of rotatable bonds is 30. The lowest BCUT2D eigenvalue weighted by atomic mass is 10.0. The van der Waals surface area contributed by atoms with E-state index in [4.69, 9.17) is 28.4 Å². The van der Waals surface area contributed by atoms with Crippen molar-refractivity contribution < 1.29 is 89.9 Å². The number of halogens is 14. The molecule has 135 heavy (non-hydrogen) atoms. The van der Waals surface area contributed by atoms with Crippen LogP contribution in [0.2, 0.25) is 0 Å². The number of unbranched alkanes of at least 4 members (excludes halogenated alkanes) is 3. The molecule has 14 aromatic carbocycles. The third-order valence-corrected chi connectivity index (χ3v) is 21.5. The van der Waals surface area contributed by atoms with Crippen LogP contribution in [0.5, 0.6) is 34.5 Å². The summed E-state index contributed by atoms with van der Waals surface area (Å²) in [4.78, 5) is 0. The van der Waals surface area contributed by atoms with Gasteiger partial charge in [0.1, 0.15) is 0 Å². The van der Waals surface area contributed by atoms with Crippen LogP contribution in [0, 0.1) is 109 Å². The van der Waals surface area contributed by atoms with Gasteiger partial charge in [0.25, 0.3) is 0 Å². The molecule has 0 bridgehead atoms. The molecular weight excluding hydrogens is 1740 g/mol. The minimum atomic E-state index is -0.935. The van der Waals surface area contributed by atoms with Crippen molar-refractivity contribution in [3.8, 4) is 112 Å². The molecular formula is C115H118F14O6. The van der Waals surface area contributed by atoms with Crippen LogP contribution in [-0.2, 0) is 25.7 Å². The fourth-order valence-corrected chi connectivity index (χ4v) is 14.0. The fourth-order valence-electron chi connectivity index (χ4n) is 14.0. The molecule has 0 saturated carbocycles. The van der Waals surface area contributed by atoms with Crippen LogP contribution in [0.1, 0.15) is 159 Å². The maximum Gasteiger partial charge on any atom is 0.201 e. The Morgan fingerprint density at radius 2 is 0.393 bits per heavy atom. The Bertz CT molecular complexity index is 6030. The van der Waals surface area contributed by atoms with E-state index in [2.05, 4.69) is 20.8 Å². The Labute approximate surface area is 786 Å². The first-order valence-corrected chi connectivity index (χ1v) is 45.7. The molecule has 0 aromatic heterocycles. The van der Waals surface area contributed by atoms with Crippen LogP contribution in [0.4, 0.5) is 61.5 Å². The van der Waals surface area contributed by atoms with Crippen molar-refractivity contribution in [1.29, 1.82) is 0 Å². The lowest BCUT2D eigenvalue weighted by molar-refractivity contribution is 0.295. The lowest BCUT2D eigenvalue weighted by Crippen LogP contribution is -2.00. The zero-order valence-electron chi connectivity index (χ0n) is 79.0. The van der Waals surface area contributed by atoms with Crippen molar-refractivity contribution in [2.75, 3.05) is 39.6 Å². The normalized spacial score (nSPS) is 10.6. The van der Waals surface area contributed by atoms with Crippen LogP contribution in [-0.4, -0.2) is 39.6 Å². The van der Waals surface area contributed by atoms with Gasteiger partial charge < -0.3 is 28.4 Å². The van der Waals surface area contributed by atoms with E-state index in [1.807, 2.05) is 156 Å². The number of ether oxygens (including phenoxy) is 6. The number of hydrogen-bond acceptors (Lipinski definition) is 6. The highest BCUT2D eigenvalue weighted by atomic mass is 19.2. The van der Waals surface area contributed by atoms with Crippen LogP contribution >= 0.6 is 0 Å². The first-order valence-electron chi connectivity index (χ1n) is 45.7. The van der Waals surface area contributed by atoms with Crippen molar-refractivity contribution in [1.82, 2.24) is 0 Å². The molecule has 0 radical (unpaired) electrons. The van der Waals surface area contributed by atoms with E-state index in [-0.39, 0.29) is 67.9 Å². The van der Waals surface area contributed by atoms with Gasteiger partial charge in [0, 0.05) is 38.9 Å². The molecule has 0 saturated heterocycles. The van der Waals surface area contributed by atoms with Gasteiger partial charge in [0.2, 0.25) is 34.9 Å². The Morgan fingerprint density at radius 1 is 0.178 bits per heavy atom. The first-order chi connectivity index (χ1) is 65.0. The van der Waals surface area contributed by atoms with Crippen LogP contribution in [0.3, 0.4) is 0 Å². The van der Waals surface area contributed by atoms with Gasteiger partial charge in [-0.15, -0.1) is 0 Å². The predicted molar refractivity (Wildman–Crippen MR) is 518 cm³/mol. The minimum absolute atomic E-state index is 0.0322. The highest BCUT2D eigenvalue weighted by Crippen LogP contribution is 2.38. The second-order valence-electron chi connectivity index (χ2n) is 31.6. The summed E-state index contributed by atoms with van der Waals surface area (Å²) in [5.74, 6) is -12.5. The highest BCUT2D eigenvalue weighted by Gasteiger charge is 2.23. The summed E-state index contributed by atoms with van der Waals surface area (Å²) < 4.78 is 225. The van der Waals surface area contributed by atoms with Gasteiger partial charge in [-0.3, -0.25) is 0 Å². The SMILES string of the molecule is CCCCCc1ccc(-c2ccc(OCC)c(F)c2F)cc1.CCCCc1ccc(-c2ccc(OCC)c(F)c2F)cc1.CCCOc1ccc(-c2ccc(C)cc2)c(F)c1F.CCCc1ccc(-c2ccc(OCC)c(F)c2F)cc1.CCOc1ccc(-c2ccc(C)cc2)c(F)c1F.CCOc1ccc(-c2ccc(CC)cc2)c(F)c1F.Cc1ccc(-c2ccc(C)c(F)c2F)cc1. The Hall–Kier alpha value is -13.1. The van der Waals surface area contributed by atoms with E-state index in [9.17, 15) is 61.5 Å². The van der Waals surface area contributed by atoms with Crippen molar-refractivity contribution in [2.24, 2.45) is 0 Å². The molecule has 0 fully saturated rings. The topological polar surface area (TPSA) is 55.4 Å². The summed E-state index contributed by atoms with van der Waals surface area (Å²) in [5.41, 5.74) is 14.9. The molecule has 14 rings (SSSR count). The second kappa shape index (κ2) is 54.9. The molecule has 20 heteroatoms. The Kier molecular flexibility index (Phi) is 43.6. The average Bonchev–Trinajstić information content (AvgIpc) is 0.865. The van der Waals surface area contributed by atoms with Gasteiger partial charge in [0.05, 0.1) is 39.6 Å². The fraction of sp³-hybridized carbons (Fsp3) is 0.270. The van der Waals surface area contributed by atoms with Gasteiger partial charge >= 0.3 is 0 Å². The van der Waals surface area contributed by atoms with Gasteiger partial charge in [-0.2, -0.15) is 26.3 Å². The molecule has 14 aromatic rings. The molecule has 0 spiro atoms. The van der Waals surface area contributed by atoms with E-state index in [0.717, 1.165) is 80.0 Å². The van der Waals surface area contributed by atoms with Crippen molar-refractivity contribution in [3.63, 3.8) is 0 Å². The smallest absolute Gasteiger partial charge is 0.201 e. The molecule has 0 N–H and O–H groups in total. The molecule has 0 aliphatic rings. The summed E-state index contributed by atoms with van der Waals surface area (Å²) in [6.07, 6.45) is 11.6. The quantitative estimate of drug-likeness (QED) is 0.0330. The van der Waals surface area contributed by atoms with Gasteiger partial charge in [-0.05, 0) is 247 Å². The van der Waals surface area contributed by atoms with E-state index >= 15 is 0 Å². The molecule has 6 nitrogen and oxygen atoms in total. The third-order valence-electron chi connectivity index (χ3n) is 21.5. The molecule has 0 heterocycles. The number of aryl methyl sites for hydroxylation is 8. The third kappa shape index (κ3) is 30.5. The predicted octanol–water partition coefficient (Wildman–Crippen LogP) is 34.0. The van der Waals surface area contributed by atoms with Gasteiger partial charge in [-0.1, -0.05) is 259 Å². The highest BCUT2D eigenvalue weighted by molar-refractivity contribution is 5.71. The molecule has 0 aliphatic heterocycles. The van der Waals surface area contributed by atoms with Crippen LogP contribution in [0.15, 0.2) is 255 Å². The van der Waals surface area contributed by atoms with Crippen molar-refractivity contribution in [3.05, 3.63) is 381 Å². The maximum absolute atomic E-state index is 14.2. The first kappa shape index (κ1) is 107. The maximum atomic E-state index is 14.2. The van der Waals surface area contributed by atoms with Crippen molar-refractivity contribution >= 4 is 0 Å². The standard InChI is InChI=1S/C19H22F2O.C18H20F2O.C17H18F2O.2C16H16F2O.C15H14F2O.C14H12F2/c1-3-5-6-7-14-8-10-15(11-9-14)16-12-13-17(22-4-2)19(21)18(16)20;1-3-5-6-13-7-9-14(10-8-13)15-11-12-16(21-4-2)18(20)17(15)19;1-3-5-12-6-8-13(9-7-12)14-10-11-15(20-4-2)17(19)16(14)18;1-3-10-19-14-9-8-13(15(17)16(14)18)12-6-4-11(2)5-7-12;1-3-11-5-7-12(8-6-11)13-9-10-14(19-4-2)16(18)15(13)17;1-3-18-13-9-8-12(14(16)15(13)17)11-6-4-10(2)5-7-11;1-9-3-6-11(7-4-9)12-8-5-10(2)13(15)14(12)16/h8-13H,3-7H2,1-2H3;7-12H,3-6H2,1-2H3;6-11H,3-5H2,1-2H3;4-9H,3,10H2,1-2H3;5-10H,3-4H2,1-2H3;4-9H,3H2,1-2H3;3-8H,1-2H3. The Balaban J connectivity index is 0.000000194. The minimum Gasteiger partial charge on any atom is -0.491 e. The Morgan fingerprint density at radius 3 is 0.622 bits per heavy atom. The zero-order chi connectivity index (χ0) is 98.2. The molecule has 0 amide bonds. The summed E-state index contributed by atoms with van der Waals surface area (Å²) in [5, 5.41) is 0. The molecule has 0 atom stereocenters. The summed E-state index contributed by atoms with van der Waals surface area (Å²) in [7, 11) is 0. The van der Waals surface area contributed by atoms with Crippen LogP contribution < -0.4 is 28.4 Å². The molecule has 0 aliphatic carbocycles. The largest absolute Gasteiger partial charge is 0.491 e. The summed E-state index contributed by atoms with van der Waals surface area (Å²) in [6, 6.07) is 73.5. The average molecular weight is 1860 g/mol. The number of hydrogen-bond donors (Lipinski definition) is 0. The zero-order valence-corrected chi connectivity index (χ0v) is 79.0. The van der Waals surface area contributed by atoms with E-state index in [1.165, 1.54) is 72.0 Å². The lowest BCUT2D eigenvalue weighted by Gasteiger charge is -2.10. The molecule has 0 unspecified atom stereocenters. The summed E-state index contributed by atoms with van der Waals surface area (Å²) in [6.45, 7) is 28.4. The number of benzene rings is 14. The van der Waals surface area contributed by atoms with Gasteiger partial charge in [0.15, 0.2) is 81.0 Å². The molecule has 712 valence electrons. The van der Waals surface area contributed by atoms with Crippen molar-refractivity contribution in [2.45, 2.75) is 168 Å².